The van der Waals surface area contributed by atoms with Gasteiger partial charge in [0.1, 0.15) is 22.2 Å². The molecule has 3 atom stereocenters. The normalized spacial score (nSPS) is 12.6. The van der Waals surface area contributed by atoms with Gasteiger partial charge in [-0.2, -0.15) is 0 Å². The lowest BCUT2D eigenvalue weighted by Gasteiger charge is -2.24. The lowest BCUT2D eigenvalue weighted by molar-refractivity contribution is -0.155. The third-order valence-corrected chi connectivity index (χ3v) is 19.4. The number of aromatic nitrogens is 6. The zero-order valence-electron chi connectivity index (χ0n) is 69.8. The largest absolute Gasteiger partial charge is 0.493 e. The van der Waals surface area contributed by atoms with Gasteiger partial charge in [-0.25, -0.2) is 19.7 Å². The zero-order valence-corrected chi connectivity index (χ0v) is 69.8. The first kappa shape index (κ1) is 87.9. The minimum Gasteiger partial charge on any atom is -0.493 e. The lowest BCUT2D eigenvalue weighted by atomic mass is 10.0. The van der Waals surface area contributed by atoms with E-state index in [4.69, 9.17) is 103 Å². The average Bonchev–Trinajstić information content (AvgIpc) is 1.55. The molecule has 0 radical (unpaired) electrons. The number of carbonyl (C=O) groups is 6. The van der Waals surface area contributed by atoms with Crippen molar-refractivity contribution >= 4 is 86.6 Å². The predicted molar refractivity (Wildman–Crippen MR) is 450 cm³/mol. The van der Waals surface area contributed by atoms with Gasteiger partial charge in [-0.15, -0.1) is 0 Å². The van der Waals surface area contributed by atoms with E-state index in [1.807, 2.05) is 43.4 Å². The molecule has 2 amide bonds. The molecule has 37 heteroatoms. The molecule has 0 saturated carbocycles. The highest BCUT2D eigenvalue weighted by Gasteiger charge is 2.31. The number of carboxylic acid groups (broad SMARTS) is 2. The second kappa shape index (κ2) is 38.3. The summed E-state index contributed by atoms with van der Waals surface area (Å²) < 4.78 is 98.9. The minimum absolute atomic E-state index is 0.0290. The van der Waals surface area contributed by atoms with Crippen LogP contribution in [0.5, 0.6) is 103 Å². The Bertz CT molecular complexity index is 5940. The standard InChI is InChI=1S/C31H34N4O8.C27H26N4O8.C17H17N3O5.C12H15NO4/c1-31(2,3)43-26(36)15-19(17-10-11-21-23(12-17)41-16-40-21)33-29(37)18-13-24(38-5)28(25(14-18)39-6)42-22-9-7-8-20-27(22)34-30(32)35(20)4;1-31-17-5-4-6-19(24(17)30-27(31)28)39-25-21(35-2)10-15(11-22(25)36-3)26(34)29-16(12-23(32)33)14-7-8-18-20(9-14)38-13-37-18;1-20-10-5-4-6-11(14(10)19-17(20)18)25-15-12(23-2)7-9(16(21)22)8-13(15)24-3;1-2-15-12(14)6-9(13)8-3-4-10-11(5-8)17-7-16-10/h7-14,19H,15-16H2,1-6H3,(H2,32,34)(H,33,37);4-11,16H,12-13H2,1-3H3,(H2,28,30)(H,29,34)(H,32,33);4-8H,1-3H3,(H2,18,19)(H,21,22);3-5,9H,2,6-7,13H2,1H3/t19-;16-;;/m00../s1. The van der Waals surface area contributed by atoms with E-state index in [9.17, 15) is 39.0 Å². The van der Waals surface area contributed by atoms with Crippen molar-refractivity contribution in [2.75, 3.05) is 86.8 Å². The van der Waals surface area contributed by atoms with Crippen LogP contribution in [0.3, 0.4) is 0 Å². The number of carboxylic acids is 2. The van der Waals surface area contributed by atoms with Gasteiger partial charge in [0.25, 0.3) is 11.8 Å². The quantitative estimate of drug-likeness (QED) is 0.0222. The van der Waals surface area contributed by atoms with Crippen LogP contribution in [0, 0.1) is 0 Å². The van der Waals surface area contributed by atoms with Gasteiger partial charge in [0.05, 0.1) is 103 Å². The number of anilines is 3. The molecule has 12 aromatic rings. The second-order valence-corrected chi connectivity index (χ2v) is 28.6. The maximum Gasteiger partial charge on any atom is 0.335 e. The van der Waals surface area contributed by atoms with Crippen molar-refractivity contribution in [1.29, 1.82) is 0 Å². The molecule has 6 heterocycles. The fraction of sp³-hybridized carbons (Fsp3) is 0.276. The Morgan fingerprint density at radius 1 is 0.427 bits per heavy atom. The van der Waals surface area contributed by atoms with Crippen molar-refractivity contribution in [1.82, 2.24) is 39.3 Å². The van der Waals surface area contributed by atoms with E-state index in [0.717, 1.165) is 22.1 Å². The average molecular weight is 1710 g/mol. The molecular formula is C87H92N12O25. The molecule has 650 valence electrons. The van der Waals surface area contributed by atoms with Gasteiger partial charge < -0.3 is 138 Å². The maximum absolute atomic E-state index is 13.7. The number of aliphatic carboxylic acids is 1. The summed E-state index contributed by atoms with van der Waals surface area (Å²) in [4.78, 5) is 87.0. The summed E-state index contributed by atoms with van der Waals surface area (Å²) in [7, 11) is 14.0. The van der Waals surface area contributed by atoms with E-state index in [2.05, 4.69) is 25.6 Å². The first-order valence-electron chi connectivity index (χ1n) is 38.2. The number of nitrogens with zero attached hydrogens (tertiary/aromatic N) is 6. The Labute approximate surface area is 709 Å². The number of methoxy groups -OCH3 is 6. The number of imidazole rings is 3. The molecule has 0 fully saturated rings. The molecule has 3 aliphatic rings. The molecule has 1 unspecified atom stereocenters. The number of aryl methyl sites for hydroxylation is 3. The van der Waals surface area contributed by atoms with Crippen LogP contribution in [0.4, 0.5) is 17.8 Å². The van der Waals surface area contributed by atoms with E-state index in [-0.39, 0.29) is 120 Å². The van der Waals surface area contributed by atoms with Crippen LogP contribution in [0.25, 0.3) is 33.1 Å². The summed E-state index contributed by atoms with van der Waals surface area (Å²) >= 11 is 0. The highest BCUT2D eigenvalue weighted by molar-refractivity contribution is 5.98. The molecule has 0 bridgehead atoms. The molecule has 9 aromatic carbocycles. The van der Waals surface area contributed by atoms with Crippen molar-refractivity contribution < 1.29 is 120 Å². The van der Waals surface area contributed by atoms with Crippen molar-refractivity contribution in [2.24, 2.45) is 26.9 Å². The second-order valence-electron chi connectivity index (χ2n) is 28.6. The summed E-state index contributed by atoms with van der Waals surface area (Å²) in [6.45, 7) is 7.88. The first-order valence-corrected chi connectivity index (χ1v) is 38.2. The van der Waals surface area contributed by atoms with Gasteiger partial charge in [0, 0.05) is 38.3 Å². The van der Waals surface area contributed by atoms with E-state index in [1.165, 1.54) is 79.1 Å². The van der Waals surface area contributed by atoms with Gasteiger partial charge in [-0.3, -0.25) is 24.0 Å². The molecule has 124 heavy (non-hydrogen) atoms. The Morgan fingerprint density at radius 2 is 0.750 bits per heavy atom. The third-order valence-electron chi connectivity index (χ3n) is 19.4. The first-order chi connectivity index (χ1) is 59.4. The number of nitrogens with two attached hydrogens (primary N) is 4. The molecule has 0 saturated heterocycles. The van der Waals surface area contributed by atoms with Crippen LogP contribution in [-0.2, 0) is 45.0 Å². The van der Waals surface area contributed by atoms with E-state index >= 15 is 0 Å². The number of para-hydroxylation sites is 3. The van der Waals surface area contributed by atoms with Crippen molar-refractivity contribution in [3.8, 4) is 103 Å². The number of fused-ring (bicyclic) bond motifs is 6. The van der Waals surface area contributed by atoms with Crippen LogP contribution in [0.2, 0.25) is 0 Å². The number of ether oxygens (including phenoxy) is 17. The molecule has 3 aliphatic heterocycles. The summed E-state index contributed by atoms with van der Waals surface area (Å²) in [5.41, 5.74) is 29.6. The number of rotatable bonds is 27. The Hall–Kier alpha value is -15.4. The summed E-state index contributed by atoms with van der Waals surface area (Å²) in [5.74, 6) is 3.99. The maximum atomic E-state index is 13.7. The number of aromatic carboxylic acids is 1. The third kappa shape index (κ3) is 20.0. The molecule has 37 nitrogen and oxygen atoms in total. The van der Waals surface area contributed by atoms with E-state index < -0.39 is 47.4 Å². The van der Waals surface area contributed by atoms with Gasteiger partial charge in [0.2, 0.25) is 55.5 Å². The van der Waals surface area contributed by atoms with Crippen LogP contribution < -0.4 is 105 Å². The number of nitrogens with one attached hydrogen (secondary N) is 2. The van der Waals surface area contributed by atoms with Gasteiger partial charge in [-0.05, 0) is 154 Å². The summed E-state index contributed by atoms with van der Waals surface area (Å²) in [5, 5.41) is 24.4. The molecule has 0 aliphatic carbocycles. The molecule has 0 spiro atoms. The number of carbonyl (C=O) groups excluding carboxylic acids is 4. The topological polar surface area (TPSA) is 481 Å². The Kier molecular flexibility index (Phi) is 27.2. The minimum atomic E-state index is -1.09. The zero-order chi connectivity index (χ0) is 89.0. The fourth-order valence-corrected chi connectivity index (χ4v) is 13.2. The SMILES string of the molecule is CCOC(=O)CC(N)c1ccc2c(c1)OCO2.COc1cc(C(=O)N[C@@H](CC(=O)O)c2ccc3c(c2)OCO3)cc(OC)c1Oc1cccc2c1nc(N)n2C.COc1cc(C(=O)N[C@@H](CC(=O)OC(C)(C)C)c2ccc3c(c2)OCO3)cc(OC)c1Oc1cccc2c1nc(N)n2C.COc1cc(C(=O)O)cc(OC)c1Oc1cccc2c1nc(N)n2C. The monoisotopic (exact) mass is 1700 g/mol. The van der Waals surface area contributed by atoms with Crippen LogP contribution in [-0.4, -0.2) is 150 Å². The number of esters is 2. The predicted octanol–water partition coefficient (Wildman–Crippen LogP) is 12.6. The van der Waals surface area contributed by atoms with E-state index in [1.54, 1.807) is 128 Å². The number of hydrogen-bond acceptors (Lipinski definition) is 30. The summed E-state index contributed by atoms with van der Waals surface area (Å²) in [6, 6.07) is 38.7. The van der Waals surface area contributed by atoms with E-state index in [0.29, 0.717) is 104 Å². The van der Waals surface area contributed by atoms with Crippen molar-refractivity contribution in [2.45, 2.75) is 70.7 Å². The number of amides is 2. The van der Waals surface area contributed by atoms with Crippen molar-refractivity contribution in [3.63, 3.8) is 0 Å². The molecule has 15 rings (SSSR count). The molecular weight excluding hydrogens is 1610 g/mol. The van der Waals surface area contributed by atoms with Gasteiger partial charge in [-0.1, -0.05) is 36.4 Å². The lowest BCUT2D eigenvalue weighted by Crippen LogP contribution is -2.32. The number of nitrogen functional groups attached to an aromatic ring is 3. The highest BCUT2D eigenvalue weighted by Crippen LogP contribution is 2.48. The molecule has 3 aromatic heterocycles. The number of benzene rings is 9. The van der Waals surface area contributed by atoms with Crippen molar-refractivity contribution in [3.05, 3.63) is 179 Å². The van der Waals surface area contributed by atoms with Gasteiger partial charge >= 0.3 is 23.9 Å². The van der Waals surface area contributed by atoms with Crippen LogP contribution >= 0.6 is 0 Å². The van der Waals surface area contributed by atoms with Gasteiger partial charge in [0.15, 0.2) is 86.2 Å². The van der Waals surface area contributed by atoms with Crippen LogP contribution in [0.1, 0.15) is 113 Å². The number of hydrogen-bond donors (Lipinski definition) is 8. The Balaban J connectivity index is 0.000000159. The smallest absolute Gasteiger partial charge is 0.335 e. The van der Waals surface area contributed by atoms with Crippen LogP contribution in [0.15, 0.2) is 146 Å². The summed E-state index contributed by atoms with van der Waals surface area (Å²) in [6.07, 6.45) is -0.305. The molecule has 12 N–H and O–H groups in total. The fourth-order valence-electron chi connectivity index (χ4n) is 13.2. The Morgan fingerprint density at radius 3 is 1.07 bits per heavy atom. The highest BCUT2D eigenvalue weighted by atomic mass is 16.7.